The van der Waals surface area contributed by atoms with Crippen molar-refractivity contribution >= 4 is 39.2 Å². The zero-order chi connectivity index (χ0) is 21.1. The van der Waals surface area contributed by atoms with Crippen LogP contribution in [0.5, 0.6) is 0 Å². The van der Waals surface area contributed by atoms with Gasteiger partial charge in [0.2, 0.25) is 5.91 Å². The lowest BCUT2D eigenvalue weighted by atomic mass is 10.2. The van der Waals surface area contributed by atoms with E-state index in [4.69, 9.17) is 4.98 Å². The molecule has 0 bridgehead atoms. The van der Waals surface area contributed by atoms with Crippen molar-refractivity contribution in [3.63, 3.8) is 0 Å². The first-order valence-electron chi connectivity index (χ1n) is 9.70. The molecule has 0 saturated carbocycles. The van der Waals surface area contributed by atoms with Gasteiger partial charge in [0, 0.05) is 7.05 Å². The maximum Gasteiger partial charge on any atom is 0.233 e. The number of hydrogen-bond acceptors (Lipinski definition) is 6. The van der Waals surface area contributed by atoms with Gasteiger partial charge in [-0.1, -0.05) is 54.2 Å². The molecule has 0 N–H and O–H groups in total. The van der Waals surface area contributed by atoms with E-state index in [2.05, 4.69) is 28.4 Å². The van der Waals surface area contributed by atoms with E-state index in [1.54, 1.807) is 16.2 Å². The summed E-state index contributed by atoms with van der Waals surface area (Å²) >= 11 is 3.06. The van der Waals surface area contributed by atoms with Gasteiger partial charge in [0.1, 0.15) is 10.8 Å². The molecule has 30 heavy (non-hydrogen) atoms. The number of aryl methyl sites for hydroxylation is 1. The summed E-state index contributed by atoms with van der Waals surface area (Å²) in [4.78, 5) is 19.3. The number of amides is 1. The number of benzene rings is 2. The van der Waals surface area contributed by atoms with E-state index in [0.717, 1.165) is 26.2 Å². The lowest BCUT2D eigenvalue weighted by Gasteiger charge is -2.23. The number of thioether (sulfide) groups is 1. The smallest absolute Gasteiger partial charge is 0.233 e. The molecule has 8 heteroatoms. The Hall–Kier alpha value is -2.71. The number of rotatable bonds is 7. The summed E-state index contributed by atoms with van der Waals surface area (Å²) in [6.45, 7) is 4.64. The summed E-state index contributed by atoms with van der Waals surface area (Å²) in [6.07, 6.45) is 0. The summed E-state index contributed by atoms with van der Waals surface area (Å²) in [6, 6.07) is 18.2. The molecule has 2 aromatic heterocycles. The van der Waals surface area contributed by atoms with Crippen LogP contribution in [-0.2, 0) is 11.3 Å². The number of nitrogens with zero attached hydrogens (tertiary/aromatic N) is 5. The molecule has 0 aliphatic heterocycles. The first kappa shape index (κ1) is 20.6. The SMILES string of the molecule is Cc1nnc(SCC(=O)N(C)[C@@H](C)c2nc3ccccc3s2)n1Cc1ccccc1. The highest BCUT2D eigenvalue weighted by molar-refractivity contribution is 7.99. The predicted molar refractivity (Wildman–Crippen MR) is 122 cm³/mol. The van der Waals surface area contributed by atoms with E-state index in [-0.39, 0.29) is 11.9 Å². The summed E-state index contributed by atoms with van der Waals surface area (Å²) in [5.74, 6) is 1.18. The number of carbonyl (C=O) groups excluding carboxylic acids is 1. The first-order valence-corrected chi connectivity index (χ1v) is 11.5. The van der Waals surface area contributed by atoms with Crippen LogP contribution in [0.3, 0.4) is 0 Å². The summed E-state index contributed by atoms with van der Waals surface area (Å²) in [5, 5.41) is 10.2. The van der Waals surface area contributed by atoms with Gasteiger partial charge in [-0.15, -0.1) is 21.5 Å². The standard InChI is InChI=1S/C22H23N5OS2/c1-15(21-23-18-11-7-8-12-19(18)30-21)26(3)20(28)14-29-22-25-24-16(2)27(22)13-17-9-5-4-6-10-17/h4-12,15H,13-14H2,1-3H3/t15-/m0/s1. The van der Waals surface area contributed by atoms with E-state index in [1.807, 2.05) is 61.9 Å². The van der Waals surface area contributed by atoms with Crippen molar-refractivity contribution in [1.82, 2.24) is 24.6 Å². The highest BCUT2D eigenvalue weighted by Crippen LogP contribution is 2.29. The quantitative estimate of drug-likeness (QED) is 0.397. The van der Waals surface area contributed by atoms with Crippen LogP contribution in [0, 0.1) is 6.92 Å². The Morgan fingerprint density at radius 2 is 1.87 bits per heavy atom. The van der Waals surface area contributed by atoms with Gasteiger partial charge in [-0.3, -0.25) is 4.79 Å². The number of thiazole rings is 1. The van der Waals surface area contributed by atoms with Crippen molar-refractivity contribution in [3.8, 4) is 0 Å². The molecule has 0 spiro atoms. The minimum atomic E-state index is -0.0839. The topological polar surface area (TPSA) is 63.9 Å². The van der Waals surface area contributed by atoms with Crippen molar-refractivity contribution in [2.45, 2.75) is 31.6 Å². The Morgan fingerprint density at radius 3 is 2.63 bits per heavy atom. The molecule has 4 rings (SSSR count). The number of fused-ring (bicyclic) bond motifs is 1. The van der Waals surface area contributed by atoms with Gasteiger partial charge in [0.25, 0.3) is 0 Å². The van der Waals surface area contributed by atoms with Crippen molar-refractivity contribution in [2.24, 2.45) is 0 Å². The Labute approximate surface area is 184 Å². The van der Waals surface area contributed by atoms with E-state index in [0.29, 0.717) is 12.3 Å². The van der Waals surface area contributed by atoms with Gasteiger partial charge in [-0.25, -0.2) is 4.98 Å². The molecule has 0 aliphatic carbocycles. The lowest BCUT2D eigenvalue weighted by Crippen LogP contribution is -2.31. The molecule has 0 unspecified atom stereocenters. The largest absolute Gasteiger partial charge is 0.336 e. The molecule has 0 fully saturated rings. The summed E-state index contributed by atoms with van der Waals surface area (Å²) in [5.41, 5.74) is 2.15. The molecular weight excluding hydrogens is 414 g/mol. The normalized spacial score (nSPS) is 12.2. The number of para-hydroxylation sites is 1. The molecule has 0 saturated heterocycles. The van der Waals surface area contributed by atoms with Crippen LogP contribution < -0.4 is 0 Å². The molecule has 154 valence electrons. The van der Waals surface area contributed by atoms with Gasteiger partial charge in [0.05, 0.1) is 28.6 Å². The Kier molecular flexibility index (Phi) is 6.15. The van der Waals surface area contributed by atoms with E-state index < -0.39 is 0 Å². The number of hydrogen-bond donors (Lipinski definition) is 0. The van der Waals surface area contributed by atoms with Gasteiger partial charge < -0.3 is 9.47 Å². The average Bonchev–Trinajstić information content (AvgIpc) is 3.35. The fourth-order valence-corrected chi connectivity index (χ4v) is 5.06. The zero-order valence-corrected chi connectivity index (χ0v) is 18.8. The molecule has 1 atom stereocenters. The molecule has 1 amide bonds. The molecule has 2 aromatic carbocycles. The Balaban J connectivity index is 1.42. The highest BCUT2D eigenvalue weighted by Gasteiger charge is 2.22. The van der Waals surface area contributed by atoms with Crippen LogP contribution in [-0.4, -0.2) is 43.4 Å². The minimum absolute atomic E-state index is 0.0404. The number of aromatic nitrogens is 4. The van der Waals surface area contributed by atoms with Gasteiger partial charge in [-0.05, 0) is 31.5 Å². The summed E-state index contributed by atoms with van der Waals surface area (Å²) < 4.78 is 3.18. The van der Waals surface area contributed by atoms with E-state index in [1.165, 1.54) is 17.3 Å². The van der Waals surface area contributed by atoms with Crippen LogP contribution in [0.4, 0.5) is 0 Å². The van der Waals surface area contributed by atoms with Gasteiger partial charge in [0.15, 0.2) is 5.16 Å². The van der Waals surface area contributed by atoms with Gasteiger partial charge in [-0.2, -0.15) is 0 Å². The zero-order valence-electron chi connectivity index (χ0n) is 17.1. The predicted octanol–water partition coefficient (Wildman–Crippen LogP) is 4.56. The first-order chi connectivity index (χ1) is 14.5. The second-order valence-electron chi connectivity index (χ2n) is 7.09. The fourth-order valence-electron chi connectivity index (χ4n) is 3.09. The van der Waals surface area contributed by atoms with Crippen LogP contribution in [0.25, 0.3) is 10.2 Å². The van der Waals surface area contributed by atoms with Crippen molar-refractivity contribution < 1.29 is 4.79 Å². The lowest BCUT2D eigenvalue weighted by molar-refractivity contribution is -0.128. The maximum atomic E-state index is 12.8. The second kappa shape index (κ2) is 8.97. The maximum absolute atomic E-state index is 12.8. The minimum Gasteiger partial charge on any atom is -0.336 e. The fraction of sp³-hybridized carbons (Fsp3) is 0.273. The third kappa shape index (κ3) is 4.39. The van der Waals surface area contributed by atoms with Crippen LogP contribution in [0.15, 0.2) is 59.8 Å². The van der Waals surface area contributed by atoms with Crippen LogP contribution in [0.1, 0.15) is 29.4 Å². The highest BCUT2D eigenvalue weighted by atomic mass is 32.2. The monoisotopic (exact) mass is 437 g/mol. The van der Waals surface area contributed by atoms with Crippen molar-refractivity contribution in [2.75, 3.05) is 12.8 Å². The molecule has 6 nitrogen and oxygen atoms in total. The Morgan fingerprint density at radius 1 is 1.13 bits per heavy atom. The van der Waals surface area contributed by atoms with Crippen LogP contribution >= 0.6 is 23.1 Å². The second-order valence-corrected chi connectivity index (χ2v) is 9.10. The molecule has 0 aliphatic rings. The Bertz CT molecular complexity index is 1120. The molecule has 4 aromatic rings. The number of carbonyl (C=O) groups is 1. The third-order valence-electron chi connectivity index (χ3n) is 5.05. The van der Waals surface area contributed by atoms with Crippen LogP contribution in [0.2, 0.25) is 0 Å². The average molecular weight is 438 g/mol. The van der Waals surface area contributed by atoms with E-state index in [9.17, 15) is 4.79 Å². The van der Waals surface area contributed by atoms with Crippen molar-refractivity contribution in [3.05, 3.63) is 71.0 Å². The molecule has 0 radical (unpaired) electrons. The molecular formula is C22H23N5OS2. The van der Waals surface area contributed by atoms with Crippen molar-refractivity contribution in [1.29, 1.82) is 0 Å². The van der Waals surface area contributed by atoms with Gasteiger partial charge >= 0.3 is 0 Å². The summed E-state index contributed by atoms with van der Waals surface area (Å²) in [7, 11) is 1.83. The third-order valence-corrected chi connectivity index (χ3v) is 7.21. The molecule has 2 heterocycles. The van der Waals surface area contributed by atoms with E-state index >= 15 is 0 Å².